The molecule has 0 aromatic heterocycles. The summed E-state index contributed by atoms with van der Waals surface area (Å²) in [6.07, 6.45) is 16.2. The van der Waals surface area contributed by atoms with E-state index in [9.17, 15) is 9.70 Å². The molecule has 1 amide bonds. The largest absolute Gasteiger partial charge is 0.353 e. The molecule has 0 radical (unpaired) electrons. The van der Waals surface area contributed by atoms with Crippen molar-refractivity contribution in [2.24, 2.45) is 22.9 Å². The van der Waals surface area contributed by atoms with Crippen molar-refractivity contribution in [3.05, 3.63) is 4.91 Å². The van der Waals surface area contributed by atoms with Gasteiger partial charge in [0.1, 0.15) is 0 Å². The highest BCUT2D eigenvalue weighted by atomic mass is 16.3. The molecule has 24 heavy (non-hydrogen) atoms. The lowest BCUT2D eigenvalue weighted by Crippen LogP contribution is -2.42. The van der Waals surface area contributed by atoms with Crippen LogP contribution >= 0.6 is 0 Å². The van der Waals surface area contributed by atoms with Crippen molar-refractivity contribution in [2.45, 2.75) is 102 Å². The second kappa shape index (κ2) is 8.96. The number of nitroso groups, excluding NO2 is 1. The minimum Gasteiger partial charge on any atom is -0.353 e. The van der Waals surface area contributed by atoms with Crippen molar-refractivity contribution >= 4 is 5.91 Å². The first-order chi connectivity index (χ1) is 11.8. The molecule has 0 spiro atoms. The number of nitrogens with zero attached hydrogens (tertiary/aromatic N) is 1. The number of rotatable bonds is 5. The summed E-state index contributed by atoms with van der Waals surface area (Å²) in [4.78, 5) is 24.2. The Morgan fingerprint density at radius 2 is 1.42 bits per heavy atom. The summed E-state index contributed by atoms with van der Waals surface area (Å²) in [6, 6.07) is 0.348. The van der Waals surface area contributed by atoms with Crippen molar-refractivity contribution in [3.63, 3.8) is 0 Å². The van der Waals surface area contributed by atoms with Gasteiger partial charge in [0.25, 0.3) is 0 Å². The molecule has 1 N–H and O–H groups in total. The van der Waals surface area contributed by atoms with E-state index < -0.39 is 0 Å². The fourth-order valence-electron chi connectivity index (χ4n) is 5.37. The van der Waals surface area contributed by atoms with Gasteiger partial charge in [-0.2, -0.15) is 4.91 Å². The Kier molecular flexibility index (Phi) is 6.67. The number of amides is 1. The summed E-state index contributed by atoms with van der Waals surface area (Å²) >= 11 is 0. The molecular formula is C20H34N2O2. The average Bonchev–Trinajstić information content (AvgIpc) is 2.64. The van der Waals surface area contributed by atoms with Gasteiger partial charge in [-0.25, -0.2) is 0 Å². The molecule has 3 atom stereocenters. The predicted molar refractivity (Wildman–Crippen MR) is 96.6 cm³/mol. The van der Waals surface area contributed by atoms with Gasteiger partial charge in [0.05, 0.1) is 6.04 Å². The molecule has 3 unspecified atom stereocenters. The highest BCUT2D eigenvalue weighted by Gasteiger charge is 2.37. The van der Waals surface area contributed by atoms with E-state index in [4.69, 9.17) is 0 Å². The Balaban J connectivity index is 1.54. The molecule has 0 aromatic carbocycles. The fourth-order valence-corrected chi connectivity index (χ4v) is 5.37. The Hall–Kier alpha value is -0.930. The first-order valence-corrected chi connectivity index (χ1v) is 10.4. The highest BCUT2D eigenvalue weighted by molar-refractivity contribution is 5.79. The molecule has 0 heterocycles. The first kappa shape index (κ1) is 17.9. The normalized spacial score (nSPS) is 31.3. The van der Waals surface area contributed by atoms with Crippen LogP contribution in [0.2, 0.25) is 0 Å². The second-order valence-corrected chi connectivity index (χ2v) is 8.46. The number of hydrogen-bond acceptors (Lipinski definition) is 3. The summed E-state index contributed by atoms with van der Waals surface area (Å²) in [5.41, 5.74) is 0. The summed E-state index contributed by atoms with van der Waals surface area (Å²) < 4.78 is 0. The topological polar surface area (TPSA) is 58.5 Å². The number of carbonyl (C=O) groups excluding carboxylic acids is 1. The van der Waals surface area contributed by atoms with Crippen molar-refractivity contribution in [2.75, 3.05) is 0 Å². The molecule has 3 rings (SSSR count). The maximum absolute atomic E-state index is 12.7. The van der Waals surface area contributed by atoms with E-state index in [0.29, 0.717) is 17.9 Å². The van der Waals surface area contributed by atoms with Crippen LogP contribution in [-0.4, -0.2) is 18.0 Å². The van der Waals surface area contributed by atoms with Crippen molar-refractivity contribution in [1.29, 1.82) is 0 Å². The van der Waals surface area contributed by atoms with E-state index in [2.05, 4.69) is 10.5 Å². The van der Waals surface area contributed by atoms with Crippen LogP contribution in [0, 0.1) is 22.7 Å². The lowest BCUT2D eigenvalue weighted by atomic mass is 9.71. The SMILES string of the molecule is O=NC(C1CCCCC1)C1CCCC(C(=O)NC2CCCCC2)C1. The van der Waals surface area contributed by atoms with E-state index in [1.54, 1.807) is 0 Å². The molecule has 0 aliphatic heterocycles. The average molecular weight is 335 g/mol. The molecule has 3 aliphatic rings. The summed E-state index contributed by atoms with van der Waals surface area (Å²) in [5, 5.41) is 6.86. The lowest BCUT2D eigenvalue weighted by Gasteiger charge is -2.36. The summed E-state index contributed by atoms with van der Waals surface area (Å²) in [7, 11) is 0. The van der Waals surface area contributed by atoms with Crippen molar-refractivity contribution in [1.82, 2.24) is 5.32 Å². The zero-order chi connectivity index (χ0) is 16.8. The third kappa shape index (κ3) is 4.58. The summed E-state index contributed by atoms with van der Waals surface area (Å²) in [5.74, 6) is 1.17. The van der Waals surface area contributed by atoms with Gasteiger partial charge in [0.2, 0.25) is 5.91 Å². The Labute approximate surface area is 146 Å². The zero-order valence-corrected chi connectivity index (χ0v) is 15.0. The monoisotopic (exact) mass is 334 g/mol. The minimum absolute atomic E-state index is 0.0458. The second-order valence-electron chi connectivity index (χ2n) is 8.46. The molecule has 3 aliphatic carbocycles. The van der Waals surface area contributed by atoms with Gasteiger partial charge < -0.3 is 5.32 Å². The molecule has 4 nitrogen and oxygen atoms in total. The summed E-state index contributed by atoms with van der Waals surface area (Å²) in [6.45, 7) is 0. The molecule has 0 bridgehead atoms. The van der Waals surface area contributed by atoms with Crippen LogP contribution in [0.5, 0.6) is 0 Å². The van der Waals surface area contributed by atoms with Gasteiger partial charge in [-0.15, -0.1) is 0 Å². The van der Waals surface area contributed by atoms with E-state index in [-0.39, 0.29) is 17.9 Å². The van der Waals surface area contributed by atoms with E-state index in [1.807, 2.05) is 0 Å². The Bertz CT molecular complexity index is 414. The number of nitrogens with one attached hydrogen (secondary N) is 1. The third-order valence-electron chi connectivity index (χ3n) is 6.77. The van der Waals surface area contributed by atoms with Gasteiger partial charge in [0, 0.05) is 12.0 Å². The number of hydrogen-bond donors (Lipinski definition) is 1. The van der Waals surface area contributed by atoms with Crippen LogP contribution in [-0.2, 0) is 4.79 Å². The van der Waals surface area contributed by atoms with Crippen LogP contribution in [0.15, 0.2) is 5.18 Å². The molecule has 3 saturated carbocycles. The van der Waals surface area contributed by atoms with Crippen LogP contribution < -0.4 is 5.32 Å². The highest BCUT2D eigenvalue weighted by Crippen LogP contribution is 2.39. The van der Waals surface area contributed by atoms with Crippen LogP contribution in [0.25, 0.3) is 0 Å². The van der Waals surface area contributed by atoms with Crippen molar-refractivity contribution in [3.8, 4) is 0 Å². The minimum atomic E-state index is -0.0458. The molecular weight excluding hydrogens is 300 g/mol. The maximum Gasteiger partial charge on any atom is 0.223 e. The number of carbonyl (C=O) groups is 1. The van der Waals surface area contributed by atoms with Gasteiger partial charge in [-0.05, 0) is 56.8 Å². The van der Waals surface area contributed by atoms with Gasteiger partial charge in [-0.3, -0.25) is 4.79 Å². The predicted octanol–water partition coefficient (Wildman–Crippen LogP) is 4.96. The van der Waals surface area contributed by atoms with Crippen LogP contribution in [0.4, 0.5) is 0 Å². The van der Waals surface area contributed by atoms with Gasteiger partial charge in [-0.1, -0.05) is 50.1 Å². The van der Waals surface area contributed by atoms with Crippen LogP contribution in [0.3, 0.4) is 0 Å². The zero-order valence-electron chi connectivity index (χ0n) is 15.0. The van der Waals surface area contributed by atoms with Gasteiger partial charge >= 0.3 is 0 Å². The van der Waals surface area contributed by atoms with Gasteiger partial charge in [0.15, 0.2) is 0 Å². The molecule has 0 saturated heterocycles. The van der Waals surface area contributed by atoms with Crippen LogP contribution in [0.1, 0.15) is 89.9 Å². The first-order valence-electron chi connectivity index (χ1n) is 10.4. The molecule has 136 valence electrons. The third-order valence-corrected chi connectivity index (χ3v) is 6.77. The Morgan fingerprint density at radius 1 is 0.792 bits per heavy atom. The smallest absolute Gasteiger partial charge is 0.223 e. The molecule has 3 fully saturated rings. The van der Waals surface area contributed by atoms with E-state index in [1.165, 1.54) is 38.5 Å². The lowest BCUT2D eigenvalue weighted by molar-refractivity contribution is -0.127. The quantitative estimate of drug-likeness (QED) is 0.723. The molecule has 0 aromatic rings. The van der Waals surface area contributed by atoms with E-state index in [0.717, 1.165) is 51.4 Å². The Morgan fingerprint density at radius 3 is 2.08 bits per heavy atom. The maximum atomic E-state index is 12.7. The van der Waals surface area contributed by atoms with E-state index >= 15 is 0 Å². The standard InChI is InChI=1S/C20H34N2O2/c23-20(21-18-12-5-2-6-13-18)17-11-7-10-16(14-17)19(22-24)15-8-3-1-4-9-15/h15-19H,1-14H2,(H,21,23). The van der Waals surface area contributed by atoms with Crippen molar-refractivity contribution < 1.29 is 4.79 Å². The molecule has 4 heteroatoms. The fraction of sp³-hybridized carbons (Fsp3) is 0.950.